The van der Waals surface area contributed by atoms with Gasteiger partial charge in [0, 0.05) is 31.7 Å². The third kappa shape index (κ3) is 5.36. The lowest BCUT2D eigenvalue weighted by Crippen LogP contribution is -2.47. The molecule has 1 fully saturated rings. The van der Waals surface area contributed by atoms with Crippen molar-refractivity contribution in [3.63, 3.8) is 0 Å². The smallest absolute Gasteiger partial charge is 0.299 e. The average molecular weight is 352 g/mol. The number of ether oxygens (including phenoxy) is 1. The summed E-state index contributed by atoms with van der Waals surface area (Å²) < 4.78 is 5.39. The van der Waals surface area contributed by atoms with Crippen molar-refractivity contribution >= 4 is 17.1 Å². The number of hydrogen-bond donors (Lipinski definition) is 1. The molecular formula is C16H24N4O5. The average Bonchev–Trinajstić information content (AvgIpc) is 2.58. The highest BCUT2D eigenvalue weighted by molar-refractivity contribution is 5.65. The van der Waals surface area contributed by atoms with E-state index in [1.165, 1.54) is 12.1 Å². The zero-order valence-electron chi connectivity index (χ0n) is 14.5. The van der Waals surface area contributed by atoms with Crippen LogP contribution in [0.15, 0.2) is 18.2 Å². The minimum Gasteiger partial charge on any atom is -0.379 e. The predicted molar refractivity (Wildman–Crippen MR) is 93.9 cm³/mol. The maximum absolute atomic E-state index is 11.2. The number of hydrogen-bond acceptors (Lipinski definition) is 7. The second kappa shape index (κ2) is 8.72. The van der Waals surface area contributed by atoms with E-state index in [4.69, 9.17) is 4.74 Å². The summed E-state index contributed by atoms with van der Waals surface area (Å²) in [6.45, 7) is 7.86. The van der Waals surface area contributed by atoms with Crippen LogP contribution in [0.25, 0.3) is 0 Å². The number of non-ortho nitro benzene ring substituents is 1. The Morgan fingerprint density at radius 3 is 2.44 bits per heavy atom. The fraction of sp³-hybridized carbons (Fsp3) is 0.625. The van der Waals surface area contributed by atoms with Gasteiger partial charge in [-0.1, -0.05) is 13.8 Å². The molecule has 0 saturated carbocycles. The molecule has 138 valence electrons. The van der Waals surface area contributed by atoms with Crippen molar-refractivity contribution in [2.75, 3.05) is 38.2 Å². The van der Waals surface area contributed by atoms with Crippen LogP contribution in [0.2, 0.25) is 0 Å². The highest BCUT2D eigenvalue weighted by atomic mass is 16.6. The Bertz CT molecular complexity index is 617. The van der Waals surface area contributed by atoms with Gasteiger partial charge in [-0.3, -0.25) is 25.1 Å². The molecule has 0 bridgehead atoms. The van der Waals surface area contributed by atoms with Gasteiger partial charge in [0.15, 0.2) is 0 Å². The van der Waals surface area contributed by atoms with Gasteiger partial charge in [0.05, 0.1) is 29.1 Å². The van der Waals surface area contributed by atoms with Gasteiger partial charge in [-0.15, -0.1) is 0 Å². The first-order chi connectivity index (χ1) is 11.9. The van der Waals surface area contributed by atoms with Crippen molar-refractivity contribution in [2.45, 2.75) is 26.3 Å². The van der Waals surface area contributed by atoms with Crippen LogP contribution in [0, 0.1) is 26.1 Å². The van der Waals surface area contributed by atoms with Crippen LogP contribution >= 0.6 is 0 Å². The van der Waals surface area contributed by atoms with E-state index >= 15 is 0 Å². The van der Waals surface area contributed by atoms with E-state index in [0.717, 1.165) is 25.6 Å². The number of nitro benzene ring substituents is 2. The number of anilines is 1. The molecule has 0 aliphatic carbocycles. The van der Waals surface area contributed by atoms with Gasteiger partial charge in [0.1, 0.15) is 5.69 Å². The molecule has 0 spiro atoms. The molecule has 1 aromatic carbocycles. The van der Waals surface area contributed by atoms with Crippen molar-refractivity contribution in [1.82, 2.24) is 4.90 Å². The number of nitrogens with one attached hydrogen (secondary N) is 1. The minimum absolute atomic E-state index is 0.221. The monoisotopic (exact) mass is 352 g/mol. The second-order valence-electron chi connectivity index (χ2n) is 6.53. The van der Waals surface area contributed by atoms with E-state index in [1.54, 1.807) is 0 Å². The Hall–Kier alpha value is -2.26. The lowest BCUT2D eigenvalue weighted by molar-refractivity contribution is -0.393. The SMILES string of the molecule is CC(C)CC(CNc1ccc([N+](=O)[O-])cc1[N+](=O)[O-])N1CCOCC1. The van der Waals surface area contributed by atoms with Crippen molar-refractivity contribution < 1.29 is 14.6 Å². The van der Waals surface area contributed by atoms with E-state index in [2.05, 4.69) is 24.1 Å². The summed E-state index contributed by atoms with van der Waals surface area (Å²) in [5.41, 5.74) is -0.263. The highest BCUT2D eigenvalue weighted by Crippen LogP contribution is 2.29. The van der Waals surface area contributed by atoms with Crippen LogP contribution in [0.1, 0.15) is 20.3 Å². The molecule has 1 unspecified atom stereocenters. The quantitative estimate of drug-likeness (QED) is 0.565. The number of rotatable bonds is 8. The van der Waals surface area contributed by atoms with Crippen LogP contribution in [0.3, 0.4) is 0 Å². The molecule has 1 N–H and O–H groups in total. The van der Waals surface area contributed by atoms with Crippen LogP contribution in [0.5, 0.6) is 0 Å². The lowest BCUT2D eigenvalue weighted by atomic mass is 10.0. The largest absolute Gasteiger partial charge is 0.379 e. The second-order valence-corrected chi connectivity index (χ2v) is 6.53. The summed E-state index contributed by atoms with van der Waals surface area (Å²) in [5, 5.41) is 25.2. The summed E-state index contributed by atoms with van der Waals surface area (Å²) in [6.07, 6.45) is 0.952. The van der Waals surface area contributed by atoms with Gasteiger partial charge in [-0.2, -0.15) is 0 Å². The van der Waals surface area contributed by atoms with Crippen LogP contribution in [-0.2, 0) is 4.74 Å². The van der Waals surface area contributed by atoms with Crippen LogP contribution in [0.4, 0.5) is 17.1 Å². The van der Waals surface area contributed by atoms with E-state index in [9.17, 15) is 20.2 Å². The Kier molecular flexibility index (Phi) is 6.65. The maximum Gasteiger partial charge on any atom is 0.299 e. The van der Waals surface area contributed by atoms with E-state index in [1.807, 2.05) is 0 Å². The Morgan fingerprint density at radius 1 is 1.20 bits per heavy atom. The Balaban J connectivity index is 2.13. The molecule has 9 heteroatoms. The third-order valence-corrected chi connectivity index (χ3v) is 4.22. The van der Waals surface area contributed by atoms with E-state index < -0.39 is 9.85 Å². The summed E-state index contributed by atoms with van der Waals surface area (Å²) in [4.78, 5) is 23.2. The summed E-state index contributed by atoms with van der Waals surface area (Å²) in [7, 11) is 0. The molecule has 9 nitrogen and oxygen atoms in total. The highest BCUT2D eigenvalue weighted by Gasteiger charge is 2.24. The molecule has 25 heavy (non-hydrogen) atoms. The van der Waals surface area contributed by atoms with Crippen LogP contribution < -0.4 is 5.32 Å². The summed E-state index contributed by atoms with van der Waals surface area (Å²) in [6, 6.07) is 3.90. The standard InChI is InChI=1S/C16H24N4O5/c1-12(2)9-14(18-5-7-25-8-6-18)11-17-15-4-3-13(19(21)22)10-16(15)20(23)24/h3-4,10,12,14,17H,5-9,11H2,1-2H3. The molecule has 1 heterocycles. The fourth-order valence-electron chi connectivity index (χ4n) is 3.01. The normalized spacial score (nSPS) is 16.6. The van der Waals surface area contributed by atoms with Gasteiger partial charge in [0.2, 0.25) is 0 Å². The van der Waals surface area contributed by atoms with Gasteiger partial charge < -0.3 is 10.1 Å². The fourth-order valence-corrected chi connectivity index (χ4v) is 3.01. The number of nitrogens with zero attached hydrogens (tertiary/aromatic N) is 3. The van der Waals surface area contributed by atoms with Crippen molar-refractivity contribution in [1.29, 1.82) is 0 Å². The molecule has 2 rings (SSSR count). The molecule has 1 aliphatic heterocycles. The third-order valence-electron chi connectivity index (χ3n) is 4.22. The molecule has 0 aromatic heterocycles. The first-order valence-electron chi connectivity index (χ1n) is 8.37. The van der Waals surface area contributed by atoms with Crippen molar-refractivity contribution in [3.05, 3.63) is 38.4 Å². The van der Waals surface area contributed by atoms with Crippen molar-refractivity contribution in [2.24, 2.45) is 5.92 Å². The first kappa shape index (κ1) is 19.1. The lowest BCUT2D eigenvalue weighted by Gasteiger charge is -2.35. The first-order valence-corrected chi connectivity index (χ1v) is 8.37. The molecule has 1 aromatic rings. The molecule has 1 saturated heterocycles. The zero-order chi connectivity index (χ0) is 18.4. The van der Waals surface area contributed by atoms with Gasteiger partial charge in [0.25, 0.3) is 11.4 Å². The summed E-state index contributed by atoms with van der Waals surface area (Å²) in [5.74, 6) is 0.487. The topological polar surface area (TPSA) is 111 Å². The van der Waals surface area contributed by atoms with Gasteiger partial charge in [-0.05, 0) is 18.4 Å². The predicted octanol–water partition coefficient (Wildman–Crippen LogP) is 2.66. The Labute approximate surface area is 146 Å². The van der Waals surface area contributed by atoms with Crippen molar-refractivity contribution in [3.8, 4) is 0 Å². The van der Waals surface area contributed by atoms with Gasteiger partial charge >= 0.3 is 0 Å². The molecule has 0 amide bonds. The van der Waals surface area contributed by atoms with Gasteiger partial charge in [-0.25, -0.2) is 0 Å². The minimum atomic E-state index is -0.633. The summed E-state index contributed by atoms with van der Waals surface area (Å²) >= 11 is 0. The zero-order valence-corrected chi connectivity index (χ0v) is 14.5. The number of nitro groups is 2. The van der Waals surface area contributed by atoms with E-state index in [-0.39, 0.29) is 17.4 Å². The molecular weight excluding hydrogens is 328 g/mol. The number of benzene rings is 1. The maximum atomic E-state index is 11.2. The Morgan fingerprint density at radius 2 is 1.88 bits per heavy atom. The molecule has 1 atom stereocenters. The van der Waals surface area contributed by atoms with Crippen LogP contribution in [-0.4, -0.2) is 53.6 Å². The number of morpholine rings is 1. The van der Waals surface area contributed by atoms with E-state index in [0.29, 0.717) is 31.4 Å². The molecule has 1 aliphatic rings. The molecule has 0 radical (unpaired) electrons.